The number of hydrogen-bond acceptors (Lipinski definition) is 0. The highest BCUT2D eigenvalue weighted by atomic mass is 35.5. The van der Waals surface area contributed by atoms with Crippen molar-refractivity contribution in [2.45, 2.75) is 26.7 Å². The topological polar surface area (TPSA) is 0 Å². The highest BCUT2D eigenvalue weighted by Gasteiger charge is 1.56. The van der Waals surface area contributed by atoms with Crippen molar-refractivity contribution in [3.63, 3.8) is 0 Å². The SMILES string of the molecule is CCCC.CP.Cl. The van der Waals surface area contributed by atoms with Crippen LogP contribution in [0, 0.1) is 0 Å². The molecule has 0 aromatic heterocycles. The molecule has 0 aliphatic rings. The van der Waals surface area contributed by atoms with Crippen molar-refractivity contribution in [3.05, 3.63) is 0 Å². The second-order valence-corrected chi connectivity index (χ2v) is 1.000. The van der Waals surface area contributed by atoms with Crippen LogP contribution in [0.15, 0.2) is 0 Å². The first-order valence-corrected chi connectivity index (χ1v) is 3.65. The molecule has 0 nitrogen and oxygen atoms in total. The molecule has 1 unspecified atom stereocenters. The number of unbranched alkanes of at least 4 members (excludes halogenated alkanes) is 1. The molecule has 0 heterocycles. The van der Waals surface area contributed by atoms with Gasteiger partial charge in [-0.1, -0.05) is 33.4 Å². The Morgan fingerprint density at radius 3 is 1.14 bits per heavy atom. The van der Waals surface area contributed by atoms with E-state index in [1.165, 1.54) is 12.8 Å². The Morgan fingerprint density at radius 2 is 1.14 bits per heavy atom. The highest BCUT2D eigenvalue weighted by Crippen LogP contribution is 1.76. The Bertz CT molecular complexity index is 10.0. The van der Waals surface area contributed by atoms with E-state index in [-0.39, 0.29) is 12.4 Å². The predicted molar refractivity (Wildman–Crippen MR) is 43.5 cm³/mol. The van der Waals surface area contributed by atoms with Crippen molar-refractivity contribution in [3.8, 4) is 0 Å². The molecule has 48 valence electrons. The summed E-state index contributed by atoms with van der Waals surface area (Å²) in [5.41, 5.74) is 0. The van der Waals surface area contributed by atoms with E-state index in [1.807, 2.05) is 6.66 Å². The summed E-state index contributed by atoms with van der Waals surface area (Å²) in [5, 5.41) is 0. The van der Waals surface area contributed by atoms with Crippen molar-refractivity contribution < 1.29 is 0 Å². The minimum atomic E-state index is 0. The van der Waals surface area contributed by atoms with E-state index in [0.29, 0.717) is 0 Å². The minimum absolute atomic E-state index is 0. The first-order chi connectivity index (χ1) is 2.91. The second kappa shape index (κ2) is 29.7. The average Bonchev–Trinajstić information content (AvgIpc) is 1.72. The van der Waals surface area contributed by atoms with Gasteiger partial charge in [0.15, 0.2) is 0 Å². The molecule has 2 heteroatoms. The van der Waals surface area contributed by atoms with E-state index in [1.54, 1.807) is 0 Å². The van der Waals surface area contributed by atoms with E-state index in [2.05, 4.69) is 23.1 Å². The van der Waals surface area contributed by atoms with Gasteiger partial charge in [0.1, 0.15) is 0 Å². The minimum Gasteiger partial charge on any atom is -0.147 e. The molecule has 0 aromatic carbocycles. The lowest BCUT2D eigenvalue weighted by molar-refractivity contribution is 0.886. The molecule has 0 N–H and O–H groups in total. The Kier molecular flexibility index (Phi) is 66.4. The van der Waals surface area contributed by atoms with Crippen LogP contribution in [0.2, 0.25) is 0 Å². The zero-order chi connectivity index (χ0) is 5.41. The maximum atomic E-state index is 2.42. The highest BCUT2D eigenvalue weighted by molar-refractivity contribution is 7.15. The fraction of sp³-hybridized carbons (Fsp3) is 1.00. The third kappa shape index (κ3) is 50.6. The normalized spacial score (nSPS) is 5.14. The van der Waals surface area contributed by atoms with Gasteiger partial charge in [-0.15, -0.1) is 21.6 Å². The average molecular weight is 143 g/mol. The van der Waals surface area contributed by atoms with Gasteiger partial charge in [0, 0.05) is 0 Å². The first-order valence-electron chi connectivity index (χ1n) is 2.49. The molecule has 0 spiro atoms. The molecule has 1 atom stereocenters. The van der Waals surface area contributed by atoms with Crippen LogP contribution in [0.3, 0.4) is 0 Å². The van der Waals surface area contributed by atoms with Gasteiger partial charge in [0.2, 0.25) is 0 Å². The van der Waals surface area contributed by atoms with Gasteiger partial charge in [0.05, 0.1) is 0 Å². The predicted octanol–water partition coefficient (Wildman–Crippen LogP) is 2.72. The largest absolute Gasteiger partial charge is 0.147 e. The summed E-state index contributed by atoms with van der Waals surface area (Å²) < 4.78 is 0. The van der Waals surface area contributed by atoms with Gasteiger partial charge in [-0.2, -0.15) is 0 Å². The molecule has 0 aliphatic heterocycles. The molecule has 0 aliphatic carbocycles. The van der Waals surface area contributed by atoms with Gasteiger partial charge in [-0.3, -0.25) is 0 Å². The monoisotopic (exact) mass is 142 g/mol. The lowest BCUT2D eigenvalue weighted by Gasteiger charge is -1.68. The van der Waals surface area contributed by atoms with Crippen LogP contribution in [-0.2, 0) is 0 Å². The van der Waals surface area contributed by atoms with Crippen LogP contribution in [0.25, 0.3) is 0 Å². The molecular formula is C5H16ClP. The summed E-state index contributed by atoms with van der Waals surface area (Å²) in [6, 6.07) is 0. The summed E-state index contributed by atoms with van der Waals surface area (Å²) in [7, 11) is 2.42. The van der Waals surface area contributed by atoms with Gasteiger partial charge in [0.25, 0.3) is 0 Å². The fourth-order valence-corrected chi connectivity index (χ4v) is 0. The van der Waals surface area contributed by atoms with Gasteiger partial charge in [-0.05, 0) is 0 Å². The Hall–Kier alpha value is 0.720. The summed E-state index contributed by atoms with van der Waals surface area (Å²) in [6.45, 7) is 6.28. The quantitative estimate of drug-likeness (QED) is 0.494. The van der Waals surface area contributed by atoms with Crippen molar-refractivity contribution >= 4 is 21.6 Å². The molecule has 0 saturated heterocycles. The Balaban J connectivity index is -0.0000000480. The number of halogens is 1. The van der Waals surface area contributed by atoms with Crippen molar-refractivity contribution in [1.82, 2.24) is 0 Å². The molecular weight excluding hydrogens is 126 g/mol. The fourth-order valence-electron chi connectivity index (χ4n) is 0. The summed E-state index contributed by atoms with van der Waals surface area (Å²) in [6.07, 6.45) is 2.64. The lowest BCUT2D eigenvalue weighted by atomic mass is 10.4. The van der Waals surface area contributed by atoms with Crippen LogP contribution in [0.4, 0.5) is 0 Å². The van der Waals surface area contributed by atoms with E-state index in [9.17, 15) is 0 Å². The number of hydrogen-bond donors (Lipinski definition) is 0. The van der Waals surface area contributed by atoms with Crippen LogP contribution in [0.5, 0.6) is 0 Å². The van der Waals surface area contributed by atoms with Crippen LogP contribution in [-0.4, -0.2) is 6.66 Å². The molecule has 0 radical (unpaired) electrons. The van der Waals surface area contributed by atoms with Gasteiger partial charge < -0.3 is 0 Å². The van der Waals surface area contributed by atoms with Crippen molar-refractivity contribution in [2.75, 3.05) is 6.66 Å². The molecule has 0 fully saturated rings. The zero-order valence-electron chi connectivity index (χ0n) is 5.40. The molecule has 0 saturated carbocycles. The molecule has 7 heavy (non-hydrogen) atoms. The Morgan fingerprint density at radius 1 is 1.00 bits per heavy atom. The standard InChI is InChI=1S/C4H10.CH5P.ClH/c1-3-4-2;1-2;/h3-4H2,1-2H3;2H2,1H3;1H. The van der Waals surface area contributed by atoms with Gasteiger partial charge in [-0.25, -0.2) is 0 Å². The second-order valence-electron chi connectivity index (χ2n) is 1.000. The van der Waals surface area contributed by atoms with E-state index in [0.717, 1.165) is 0 Å². The maximum absolute atomic E-state index is 2.42. The molecule has 0 amide bonds. The zero-order valence-corrected chi connectivity index (χ0v) is 7.37. The first kappa shape index (κ1) is 15.6. The van der Waals surface area contributed by atoms with E-state index < -0.39 is 0 Å². The third-order valence-electron chi connectivity index (χ3n) is 0.500. The maximum Gasteiger partial charge on any atom is -0.0500 e. The lowest BCUT2D eigenvalue weighted by Crippen LogP contribution is -1.47. The number of rotatable bonds is 1. The summed E-state index contributed by atoms with van der Waals surface area (Å²) in [5.74, 6) is 0. The van der Waals surface area contributed by atoms with Crippen LogP contribution >= 0.6 is 21.6 Å². The molecule has 0 rings (SSSR count). The summed E-state index contributed by atoms with van der Waals surface area (Å²) in [4.78, 5) is 0. The Labute approximate surface area is 55.7 Å². The van der Waals surface area contributed by atoms with E-state index >= 15 is 0 Å². The third-order valence-corrected chi connectivity index (χ3v) is 0.500. The van der Waals surface area contributed by atoms with Crippen molar-refractivity contribution in [2.24, 2.45) is 0 Å². The van der Waals surface area contributed by atoms with Crippen molar-refractivity contribution in [1.29, 1.82) is 0 Å². The molecule has 0 bridgehead atoms. The van der Waals surface area contributed by atoms with Crippen LogP contribution < -0.4 is 0 Å². The smallest absolute Gasteiger partial charge is 0.0500 e. The van der Waals surface area contributed by atoms with E-state index in [4.69, 9.17) is 0 Å². The van der Waals surface area contributed by atoms with Gasteiger partial charge >= 0.3 is 0 Å². The summed E-state index contributed by atoms with van der Waals surface area (Å²) >= 11 is 0. The molecule has 0 aromatic rings. The van der Waals surface area contributed by atoms with Crippen LogP contribution in [0.1, 0.15) is 26.7 Å².